The van der Waals surface area contributed by atoms with Gasteiger partial charge in [0.2, 0.25) is 9.84 Å². The average molecular weight is 386 g/mol. The van der Waals surface area contributed by atoms with E-state index in [0.29, 0.717) is 22.3 Å². The predicted molar refractivity (Wildman–Crippen MR) is 95.7 cm³/mol. The van der Waals surface area contributed by atoms with E-state index < -0.39 is 14.8 Å². The molecule has 0 aliphatic carbocycles. The lowest BCUT2D eigenvalue weighted by molar-refractivity contribution is -0.384. The van der Waals surface area contributed by atoms with Gasteiger partial charge in [0, 0.05) is 40.9 Å². The quantitative estimate of drug-likeness (QED) is 0.424. The Balaban J connectivity index is 1.98. The Labute approximate surface area is 151 Å². The highest BCUT2D eigenvalue weighted by Crippen LogP contribution is 2.36. The maximum Gasteiger partial charge on any atom is 0.269 e. The standard InChI is InChI=1S/C16H10N4O4S2/c21-20(22)10-1-3-11(4-2-10)26(23,24)15-12-5-7-17-16(12)18-9-13(15)14-6-8-25-19-14/h1-9H,(H,17,18). The molecule has 10 heteroatoms. The number of rotatable bonds is 4. The molecule has 0 bridgehead atoms. The smallest absolute Gasteiger partial charge is 0.269 e. The highest BCUT2D eigenvalue weighted by Gasteiger charge is 2.27. The zero-order valence-electron chi connectivity index (χ0n) is 13.0. The van der Waals surface area contributed by atoms with Crippen LogP contribution >= 0.6 is 11.5 Å². The Morgan fingerprint density at radius 3 is 2.54 bits per heavy atom. The summed E-state index contributed by atoms with van der Waals surface area (Å²) in [6.45, 7) is 0. The number of fused-ring (bicyclic) bond motifs is 1. The Kier molecular flexibility index (Phi) is 3.78. The zero-order valence-corrected chi connectivity index (χ0v) is 14.6. The van der Waals surface area contributed by atoms with Gasteiger partial charge in [0.1, 0.15) is 5.65 Å². The van der Waals surface area contributed by atoms with Crippen LogP contribution in [0.1, 0.15) is 0 Å². The van der Waals surface area contributed by atoms with Gasteiger partial charge >= 0.3 is 0 Å². The van der Waals surface area contributed by atoms with Crippen molar-refractivity contribution in [2.24, 2.45) is 0 Å². The zero-order chi connectivity index (χ0) is 18.3. The van der Waals surface area contributed by atoms with Crippen LogP contribution in [-0.2, 0) is 9.84 Å². The SMILES string of the molecule is O=[N+]([O-])c1ccc(S(=O)(=O)c2c(-c3ccsn3)cnc3[nH]ccc23)cc1. The number of nitrogens with zero attached hydrogens (tertiary/aromatic N) is 3. The lowest BCUT2D eigenvalue weighted by atomic mass is 10.2. The van der Waals surface area contributed by atoms with Gasteiger partial charge in [-0.3, -0.25) is 10.1 Å². The van der Waals surface area contributed by atoms with E-state index in [-0.39, 0.29) is 15.5 Å². The molecule has 8 nitrogen and oxygen atoms in total. The second-order valence-corrected chi connectivity index (χ2v) is 7.93. The first-order chi connectivity index (χ1) is 12.5. The Morgan fingerprint density at radius 1 is 1.12 bits per heavy atom. The molecule has 0 aliphatic rings. The monoisotopic (exact) mass is 386 g/mol. The van der Waals surface area contributed by atoms with E-state index in [9.17, 15) is 18.5 Å². The van der Waals surface area contributed by atoms with Gasteiger partial charge in [-0.05, 0) is 35.8 Å². The van der Waals surface area contributed by atoms with Gasteiger partial charge in [-0.25, -0.2) is 13.4 Å². The third kappa shape index (κ3) is 2.55. The van der Waals surface area contributed by atoms with E-state index >= 15 is 0 Å². The van der Waals surface area contributed by atoms with Crippen LogP contribution in [0.4, 0.5) is 5.69 Å². The molecule has 4 rings (SSSR count). The summed E-state index contributed by atoms with van der Waals surface area (Å²) in [5, 5.41) is 13.0. The largest absolute Gasteiger partial charge is 0.346 e. The molecule has 3 heterocycles. The molecule has 0 saturated carbocycles. The van der Waals surface area contributed by atoms with Crippen LogP contribution in [0.15, 0.2) is 64.0 Å². The molecule has 0 radical (unpaired) electrons. The molecule has 0 amide bonds. The number of H-pyrrole nitrogens is 1. The fourth-order valence-corrected chi connectivity index (χ4v) is 4.83. The lowest BCUT2D eigenvalue weighted by Gasteiger charge is -2.10. The van der Waals surface area contributed by atoms with Crippen molar-refractivity contribution in [3.8, 4) is 11.3 Å². The van der Waals surface area contributed by atoms with E-state index in [0.717, 1.165) is 0 Å². The van der Waals surface area contributed by atoms with Gasteiger partial charge in [-0.1, -0.05) is 0 Å². The van der Waals surface area contributed by atoms with E-state index in [1.807, 2.05) is 0 Å². The van der Waals surface area contributed by atoms with Crippen molar-refractivity contribution in [3.05, 3.63) is 64.3 Å². The first-order valence-electron chi connectivity index (χ1n) is 7.35. The average Bonchev–Trinajstić information content (AvgIpc) is 3.32. The van der Waals surface area contributed by atoms with Crippen LogP contribution in [0.25, 0.3) is 22.3 Å². The minimum atomic E-state index is -3.95. The molecule has 0 saturated heterocycles. The molecule has 130 valence electrons. The van der Waals surface area contributed by atoms with E-state index in [1.165, 1.54) is 42.0 Å². The first-order valence-corrected chi connectivity index (χ1v) is 9.67. The molecule has 0 spiro atoms. The summed E-state index contributed by atoms with van der Waals surface area (Å²) in [6, 6.07) is 8.16. The van der Waals surface area contributed by atoms with Crippen molar-refractivity contribution in [2.45, 2.75) is 9.79 Å². The predicted octanol–water partition coefficient (Wildman–Crippen LogP) is 3.43. The van der Waals surface area contributed by atoms with Gasteiger partial charge in [-0.2, -0.15) is 4.37 Å². The Bertz CT molecular complexity index is 1210. The highest BCUT2D eigenvalue weighted by atomic mass is 32.2. The molecule has 0 unspecified atom stereocenters. The fraction of sp³-hybridized carbons (Fsp3) is 0. The van der Waals surface area contributed by atoms with Gasteiger partial charge in [-0.15, -0.1) is 0 Å². The number of nitro benzene ring substituents is 1. The third-order valence-corrected chi connectivity index (χ3v) is 6.31. The number of pyridine rings is 1. The van der Waals surface area contributed by atoms with Crippen molar-refractivity contribution in [1.82, 2.24) is 14.3 Å². The summed E-state index contributed by atoms with van der Waals surface area (Å²) in [5.74, 6) is 0. The van der Waals surface area contributed by atoms with Crippen molar-refractivity contribution >= 4 is 38.1 Å². The second kappa shape index (κ2) is 6.00. The molecule has 1 N–H and O–H groups in total. The summed E-state index contributed by atoms with van der Waals surface area (Å²) < 4.78 is 30.8. The normalized spacial score (nSPS) is 11.7. The Morgan fingerprint density at radius 2 is 1.88 bits per heavy atom. The number of sulfone groups is 1. The minimum Gasteiger partial charge on any atom is -0.346 e. The number of non-ortho nitro benzene ring substituents is 1. The molecule has 1 aromatic carbocycles. The second-order valence-electron chi connectivity index (χ2n) is 5.38. The molecular weight excluding hydrogens is 376 g/mol. The number of aromatic amines is 1. The van der Waals surface area contributed by atoms with Gasteiger partial charge in [0.15, 0.2) is 0 Å². The minimum absolute atomic E-state index is 0.0340. The lowest BCUT2D eigenvalue weighted by Crippen LogP contribution is -2.06. The van der Waals surface area contributed by atoms with E-state index in [2.05, 4.69) is 14.3 Å². The molecule has 26 heavy (non-hydrogen) atoms. The summed E-state index contributed by atoms with van der Waals surface area (Å²) in [5.41, 5.74) is 1.15. The molecule has 0 fully saturated rings. The van der Waals surface area contributed by atoms with Crippen LogP contribution in [0.5, 0.6) is 0 Å². The number of benzene rings is 1. The molecular formula is C16H10N4O4S2. The highest BCUT2D eigenvalue weighted by molar-refractivity contribution is 7.91. The van der Waals surface area contributed by atoms with Gasteiger partial charge in [0.05, 0.1) is 20.4 Å². The fourth-order valence-electron chi connectivity index (χ4n) is 2.67. The number of nitro groups is 1. The summed E-state index contributed by atoms with van der Waals surface area (Å²) >= 11 is 1.21. The van der Waals surface area contributed by atoms with Crippen LogP contribution in [-0.4, -0.2) is 27.7 Å². The molecule has 4 aromatic rings. The number of hydrogen-bond acceptors (Lipinski definition) is 7. The van der Waals surface area contributed by atoms with E-state index in [1.54, 1.807) is 23.7 Å². The van der Waals surface area contributed by atoms with Gasteiger partial charge < -0.3 is 4.98 Å². The summed E-state index contributed by atoms with van der Waals surface area (Å²) in [7, 11) is -3.95. The summed E-state index contributed by atoms with van der Waals surface area (Å²) in [4.78, 5) is 17.4. The maximum absolute atomic E-state index is 13.3. The van der Waals surface area contributed by atoms with Crippen LogP contribution in [0.3, 0.4) is 0 Å². The van der Waals surface area contributed by atoms with Crippen molar-refractivity contribution in [3.63, 3.8) is 0 Å². The molecule has 0 aliphatic heterocycles. The van der Waals surface area contributed by atoms with E-state index in [4.69, 9.17) is 0 Å². The van der Waals surface area contributed by atoms with Crippen molar-refractivity contribution in [1.29, 1.82) is 0 Å². The van der Waals surface area contributed by atoms with Gasteiger partial charge in [0.25, 0.3) is 5.69 Å². The van der Waals surface area contributed by atoms with Crippen molar-refractivity contribution in [2.75, 3.05) is 0 Å². The number of nitrogens with one attached hydrogen (secondary N) is 1. The Hall–Kier alpha value is -3.11. The van der Waals surface area contributed by atoms with Crippen molar-refractivity contribution < 1.29 is 13.3 Å². The topological polar surface area (TPSA) is 119 Å². The first kappa shape index (κ1) is 16.4. The van der Waals surface area contributed by atoms with Crippen LogP contribution in [0.2, 0.25) is 0 Å². The summed E-state index contributed by atoms with van der Waals surface area (Å²) in [6.07, 6.45) is 3.07. The number of hydrogen-bond donors (Lipinski definition) is 1. The maximum atomic E-state index is 13.3. The molecule has 0 atom stereocenters. The molecule has 3 aromatic heterocycles. The van der Waals surface area contributed by atoms with Crippen LogP contribution < -0.4 is 0 Å². The third-order valence-electron chi connectivity index (χ3n) is 3.88. The number of aromatic nitrogens is 3. The van der Waals surface area contributed by atoms with Crippen LogP contribution in [0, 0.1) is 10.1 Å².